The Labute approximate surface area is 189 Å². The summed E-state index contributed by atoms with van der Waals surface area (Å²) in [5, 5.41) is 0. The Morgan fingerprint density at radius 3 is 2.22 bits per heavy atom. The topological polar surface area (TPSA) is 45.5 Å². The molecule has 0 bridgehead atoms. The summed E-state index contributed by atoms with van der Waals surface area (Å²) in [4.78, 5) is 4.80. The van der Waals surface area contributed by atoms with Crippen LogP contribution in [0.5, 0.6) is 17.2 Å². The average Bonchev–Trinajstić information content (AvgIpc) is 3.17. The molecule has 0 saturated carbocycles. The number of aromatic nitrogens is 2. The van der Waals surface area contributed by atoms with Crippen LogP contribution < -0.4 is 14.2 Å². The van der Waals surface area contributed by atoms with Gasteiger partial charge in [0.25, 0.3) is 0 Å². The lowest BCUT2D eigenvalue weighted by atomic mass is 10.0. The largest absolute Gasteiger partial charge is 0.490 e. The molecule has 1 aromatic heterocycles. The lowest BCUT2D eigenvalue weighted by Crippen LogP contribution is -2.13. The molecule has 4 rings (SSSR count). The summed E-state index contributed by atoms with van der Waals surface area (Å²) >= 11 is 0. The molecule has 0 aliphatic rings. The number of rotatable bonds is 10. The molecule has 0 unspecified atom stereocenters. The van der Waals surface area contributed by atoms with Crippen molar-refractivity contribution in [1.29, 1.82) is 0 Å². The molecule has 1 heterocycles. The van der Waals surface area contributed by atoms with E-state index in [4.69, 9.17) is 19.2 Å². The van der Waals surface area contributed by atoms with Gasteiger partial charge in [-0.15, -0.1) is 0 Å². The Balaban J connectivity index is 1.48. The zero-order valence-electron chi connectivity index (χ0n) is 19.0. The van der Waals surface area contributed by atoms with Gasteiger partial charge in [0, 0.05) is 0 Å². The molecule has 5 nitrogen and oxygen atoms in total. The Morgan fingerprint density at radius 1 is 0.812 bits per heavy atom. The summed E-state index contributed by atoms with van der Waals surface area (Å²) in [6, 6.07) is 24.2. The first-order valence-electron chi connectivity index (χ1n) is 11.2. The van der Waals surface area contributed by atoms with E-state index in [0.29, 0.717) is 32.3 Å². The molecular weight excluding hydrogens is 400 g/mol. The summed E-state index contributed by atoms with van der Waals surface area (Å²) in [6.45, 7) is 8.50. The lowest BCUT2D eigenvalue weighted by Gasteiger charge is -2.14. The van der Waals surface area contributed by atoms with Crippen LogP contribution in [0.4, 0.5) is 0 Å². The van der Waals surface area contributed by atoms with Crippen molar-refractivity contribution in [3.05, 3.63) is 84.2 Å². The van der Waals surface area contributed by atoms with Crippen molar-refractivity contribution in [2.24, 2.45) is 0 Å². The predicted octanol–water partition coefficient (Wildman–Crippen LogP) is 6.22. The van der Waals surface area contributed by atoms with Crippen LogP contribution >= 0.6 is 0 Å². The number of hydrogen-bond donors (Lipinski definition) is 0. The van der Waals surface area contributed by atoms with Crippen LogP contribution in [-0.2, 0) is 13.2 Å². The van der Waals surface area contributed by atoms with Gasteiger partial charge in [-0.05, 0) is 54.8 Å². The third-order valence-electron chi connectivity index (χ3n) is 5.37. The van der Waals surface area contributed by atoms with E-state index in [0.717, 1.165) is 34.1 Å². The molecule has 5 heteroatoms. The van der Waals surface area contributed by atoms with Crippen molar-refractivity contribution in [2.45, 2.75) is 39.8 Å². The number of fused-ring (bicyclic) bond motifs is 1. The summed E-state index contributed by atoms with van der Waals surface area (Å²) in [5.41, 5.74) is 3.33. The van der Waals surface area contributed by atoms with E-state index in [2.05, 4.69) is 36.6 Å². The van der Waals surface area contributed by atoms with Crippen LogP contribution in [0, 0.1) is 0 Å². The number of imidazole rings is 1. The van der Waals surface area contributed by atoms with E-state index in [1.165, 1.54) is 5.56 Å². The van der Waals surface area contributed by atoms with Crippen LogP contribution in [0.1, 0.15) is 38.1 Å². The van der Waals surface area contributed by atoms with Crippen LogP contribution in [0.25, 0.3) is 11.0 Å². The monoisotopic (exact) mass is 430 g/mol. The third-order valence-corrected chi connectivity index (χ3v) is 5.37. The van der Waals surface area contributed by atoms with Gasteiger partial charge in [0.05, 0.1) is 24.2 Å². The molecule has 0 spiro atoms. The number of ether oxygens (including phenoxy) is 3. The van der Waals surface area contributed by atoms with Crippen molar-refractivity contribution in [2.75, 3.05) is 13.2 Å². The zero-order valence-corrected chi connectivity index (χ0v) is 19.0. The Morgan fingerprint density at radius 2 is 1.50 bits per heavy atom. The highest BCUT2D eigenvalue weighted by Crippen LogP contribution is 2.27. The van der Waals surface area contributed by atoms with Gasteiger partial charge in [-0.25, -0.2) is 4.98 Å². The fourth-order valence-electron chi connectivity index (χ4n) is 3.67. The number of hydrogen-bond acceptors (Lipinski definition) is 4. The highest BCUT2D eigenvalue weighted by atomic mass is 16.5. The zero-order chi connectivity index (χ0) is 22.3. The standard InChI is InChI=1S/C27H30N2O3/c1-4-30-25-11-7-8-12-26(25)31-18-17-29-24-10-6-5-9-23(24)28-27(29)19-32-22-15-13-21(14-16-22)20(2)3/h5-16,20H,4,17-19H2,1-3H3. The molecule has 0 aliphatic heterocycles. The molecule has 0 atom stereocenters. The molecule has 0 N–H and O–H groups in total. The Kier molecular flexibility index (Phi) is 6.95. The first-order valence-corrected chi connectivity index (χ1v) is 11.2. The van der Waals surface area contributed by atoms with Crippen molar-refractivity contribution in [3.63, 3.8) is 0 Å². The minimum absolute atomic E-state index is 0.394. The van der Waals surface area contributed by atoms with Crippen LogP contribution in [0.15, 0.2) is 72.8 Å². The van der Waals surface area contributed by atoms with Gasteiger partial charge in [-0.3, -0.25) is 0 Å². The van der Waals surface area contributed by atoms with Gasteiger partial charge in [-0.1, -0.05) is 50.2 Å². The summed E-state index contributed by atoms with van der Waals surface area (Å²) in [6.07, 6.45) is 0. The average molecular weight is 431 g/mol. The maximum atomic E-state index is 6.07. The van der Waals surface area contributed by atoms with E-state index in [1.54, 1.807) is 0 Å². The molecule has 166 valence electrons. The van der Waals surface area contributed by atoms with Crippen molar-refractivity contribution < 1.29 is 14.2 Å². The normalized spacial score (nSPS) is 11.1. The predicted molar refractivity (Wildman–Crippen MR) is 128 cm³/mol. The molecule has 0 radical (unpaired) electrons. The molecule has 0 aliphatic carbocycles. The molecule has 3 aromatic carbocycles. The number of benzene rings is 3. The number of nitrogens with zero attached hydrogens (tertiary/aromatic N) is 2. The Hall–Kier alpha value is -3.47. The van der Waals surface area contributed by atoms with Gasteiger partial charge < -0.3 is 18.8 Å². The summed E-state index contributed by atoms with van der Waals surface area (Å²) < 4.78 is 20.0. The quantitative estimate of drug-likeness (QED) is 0.300. The fourth-order valence-corrected chi connectivity index (χ4v) is 3.67. The molecule has 4 aromatic rings. The van der Waals surface area contributed by atoms with Gasteiger partial charge in [0.15, 0.2) is 11.5 Å². The maximum absolute atomic E-state index is 6.07. The molecule has 0 amide bonds. The summed E-state index contributed by atoms with van der Waals surface area (Å²) in [5.74, 6) is 3.73. The second kappa shape index (κ2) is 10.2. The highest BCUT2D eigenvalue weighted by Gasteiger charge is 2.12. The highest BCUT2D eigenvalue weighted by molar-refractivity contribution is 5.75. The first-order chi connectivity index (χ1) is 15.7. The van der Waals surface area contributed by atoms with Gasteiger partial charge in [0.2, 0.25) is 0 Å². The molecule has 0 fully saturated rings. The fraction of sp³-hybridized carbons (Fsp3) is 0.296. The molecule has 0 saturated heterocycles. The summed E-state index contributed by atoms with van der Waals surface area (Å²) in [7, 11) is 0. The third kappa shape index (κ3) is 5.05. The van der Waals surface area contributed by atoms with E-state index < -0.39 is 0 Å². The first kappa shape index (κ1) is 21.8. The van der Waals surface area contributed by atoms with Gasteiger partial charge >= 0.3 is 0 Å². The van der Waals surface area contributed by atoms with E-state index in [1.807, 2.05) is 61.5 Å². The van der Waals surface area contributed by atoms with Crippen LogP contribution in [0.3, 0.4) is 0 Å². The van der Waals surface area contributed by atoms with E-state index >= 15 is 0 Å². The minimum atomic E-state index is 0.394. The minimum Gasteiger partial charge on any atom is -0.490 e. The van der Waals surface area contributed by atoms with Crippen LogP contribution in [-0.4, -0.2) is 22.8 Å². The second-order valence-electron chi connectivity index (χ2n) is 7.91. The number of para-hydroxylation sites is 4. The lowest BCUT2D eigenvalue weighted by molar-refractivity contribution is 0.257. The van der Waals surface area contributed by atoms with E-state index in [9.17, 15) is 0 Å². The van der Waals surface area contributed by atoms with E-state index in [-0.39, 0.29) is 0 Å². The van der Waals surface area contributed by atoms with Crippen molar-refractivity contribution >= 4 is 11.0 Å². The van der Waals surface area contributed by atoms with Gasteiger partial charge in [0.1, 0.15) is 24.8 Å². The maximum Gasteiger partial charge on any atom is 0.161 e. The molecule has 32 heavy (non-hydrogen) atoms. The van der Waals surface area contributed by atoms with Gasteiger partial charge in [-0.2, -0.15) is 0 Å². The Bertz CT molecular complexity index is 1150. The smallest absolute Gasteiger partial charge is 0.161 e. The van der Waals surface area contributed by atoms with Crippen molar-refractivity contribution in [1.82, 2.24) is 9.55 Å². The van der Waals surface area contributed by atoms with Crippen molar-refractivity contribution in [3.8, 4) is 17.2 Å². The molecular formula is C27H30N2O3. The second-order valence-corrected chi connectivity index (χ2v) is 7.91. The van der Waals surface area contributed by atoms with Crippen LogP contribution in [0.2, 0.25) is 0 Å². The SMILES string of the molecule is CCOc1ccccc1OCCn1c(COc2ccc(C(C)C)cc2)nc2ccccc21.